The molecule has 0 saturated carbocycles. The molecule has 0 saturated heterocycles. The van der Waals surface area contributed by atoms with Crippen LogP contribution in [0.4, 0.5) is 13.2 Å². The van der Waals surface area contributed by atoms with Gasteiger partial charge in [-0.15, -0.1) is 0 Å². The molecular formula is C6H7F3N2S. The molecule has 0 aromatic carbocycles. The van der Waals surface area contributed by atoms with Crippen molar-refractivity contribution >= 4 is 12.6 Å². The second-order valence-corrected chi connectivity index (χ2v) is 2.65. The minimum Gasteiger partial charge on any atom is -0.282 e. The molecule has 0 aliphatic rings. The van der Waals surface area contributed by atoms with Gasteiger partial charge >= 0.3 is 6.18 Å². The van der Waals surface area contributed by atoms with Gasteiger partial charge in [0.1, 0.15) is 0 Å². The predicted octanol–water partition coefficient (Wildman–Crippen LogP) is 2.17. The highest BCUT2D eigenvalue weighted by Crippen LogP contribution is 2.31. The Hall–Kier alpha value is -0.650. The fourth-order valence-electron chi connectivity index (χ4n) is 0.880. The first-order valence-corrected chi connectivity index (χ1v) is 3.82. The molecule has 6 heteroatoms. The van der Waals surface area contributed by atoms with E-state index in [4.69, 9.17) is 0 Å². The van der Waals surface area contributed by atoms with Crippen molar-refractivity contribution in [3.05, 3.63) is 17.0 Å². The van der Waals surface area contributed by atoms with Crippen LogP contribution < -0.4 is 0 Å². The molecule has 0 aliphatic carbocycles. The first kappa shape index (κ1) is 9.44. The van der Waals surface area contributed by atoms with Crippen LogP contribution in [-0.2, 0) is 11.9 Å². The van der Waals surface area contributed by atoms with E-state index in [9.17, 15) is 13.2 Å². The Balaban J connectivity index is 3.16. The van der Waals surface area contributed by atoms with Crippen LogP contribution in [0.1, 0.15) is 17.0 Å². The Morgan fingerprint density at radius 1 is 1.50 bits per heavy atom. The lowest BCUT2D eigenvalue weighted by Gasteiger charge is -2.03. The van der Waals surface area contributed by atoms with Crippen LogP contribution in [0.2, 0.25) is 0 Å². The van der Waals surface area contributed by atoms with Crippen molar-refractivity contribution < 1.29 is 13.2 Å². The molecule has 68 valence electrons. The van der Waals surface area contributed by atoms with Crippen molar-refractivity contribution in [3.63, 3.8) is 0 Å². The number of hydrogen-bond donors (Lipinski definition) is 2. The average molecular weight is 196 g/mol. The summed E-state index contributed by atoms with van der Waals surface area (Å²) in [7, 11) is 0. The van der Waals surface area contributed by atoms with Gasteiger partial charge in [-0.3, -0.25) is 5.10 Å². The van der Waals surface area contributed by atoms with Crippen molar-refractivity contribution in [3.8, 4) is 0 Å². The van der Waals surface area contributed by atoms with E-state index < -0.39 is 11.9 Å². The van der Waals surface area contributed by atoms with E-state index in [1.807, 2.05) is 0 Å². The van der Waals surface area contributed by atoms with Crippen LogP contribution in [0.15, 0.2) is 0 Å². The van der Waals surface area contributed by atoms with Gasteiger partial charge in [-0.05, 0) is 6.92 Å². The van der Waals surface area contributed by atoms with E-state index in [-0.39, 0.29) is 11.3 Å². The van der Waals surface area contributed by atoms with Gasteiger partial charge in [-0.2, -0.15) is 30.9 Å². The van der Waals surface area contributed by atoms with Crippen LogP contribution in [0.25, 0.3) is 0 Å². The molecule has 0 amide bonds. The summed E-state index contributed by atoms with van der Waals surface area (Å²) in [5, 5.41) is 5.43. The van der Waals surface area contributed by atoms with E-state index in [1.54, 1.807) is 0 Å². The molecule has 1 heterocycles. The molecule has 1 N–H and O–H groups in total. The lowest BCUT2D eigenvalue weighted by Crippen LogP contribution is -2.08. The number of rotatable bonds is 1. The van der Waals surface area contributed by atoms with Gasteiger partial charge in [-0.1, -0.05) is 0 Å². The monoisotopic (exact) mass is 196 g/mol. The summed E-state index contributed by atoms with van der Waals surface area (Å²) in [5.41, 5.74) is -0.335. The van der Waals surface area contributed by atoms with Gasteiger partial charge in [0.25, 0.3) is 0 Å². The van der Waals surface area contributed by atoms with Crippen molar-refractivity contribution in [2.24, 2.45) is 0 Å². The highest BCUT2D eigenvalue weighted by Gasteiger charge is 2.36. The molecule has 2 nitrogen and oxygen atoms in total. The maximum atomic E-state index is 12.1. The third-order valence-corrected chi connectivity index (χ3v) is 1.82. The summed E-state index contributed by atoms with van der Waals surface area (Å²) in [6.07, 6.45) is -4.39. The number of thiol groups is 1. The van der Waals surface area contributed by atoms with Crippen molar-refractivity contribution in [1.82, 2.24) is 10.2 Å². The van der Waals surface area contributed by atoms with Crippen LogP contribution in [-0.4, -0.2) is 10.2 Å². The van der Waals surface area contributed by atoms with Crippen LogP contribution in [0.5, 0.6) is 0 Å². The lowest BCUT2D eigenvalue weighted by atomic mass is 10.2. The maximum Gasteiger partial charge on any atom is 0.435 e. The zero-order valence-corrected chi connectivity index (χ0v) is 7.13. The van der Waals surface area contributed by atoms with Crippen molar-refractivity contribution in [1.29, 1.82) is 0 Å². The number of aromatic amines is 1. The van der Waals surface area contributed by atoms with Gasteiger partial charge in [0.15, 0.2) is 5.69 Å². The molecule has 0 radical (unpaired) electrons. The number of alkyl halides is 3. The second kappa shape index (κ2) is 3.01. The standard InChI is InChI=1S/C6H7F3N2S/c1-3-4(2-12)5(11-10-3)6(7,8)9/h12H,2H2,1H3,(H,10,11). The fraction of sp³-hybridized carbons (Fsp3) is 0.500. The van der Waals surface area contributed by atoms with E-state index in [0.717, 1.165) is 0 Å². The highest BCUT2D eigenvalue weighted by molar-refractivity contribution is 7.79. The Kier molecular flexibility index (Phi) is 2.36. The Morgan fingerprint density at radius 2 is 2.08 bits per heavy atom. The van der Waals surface area contributed by atoms with E-state index in [0.29, 0.717) is 5.69 Å². The number of aryl methyl sites for hydroxylation is 1. The van der Waals surface area contributed by atoms with Gasteiger partial charge in [0.05, 0.1) is 0 Å². The fourth-order valence-corrected chi connectivity index (χ4v) is 1.27. The SMILES string of the molecule is Cc1[nH]nc(C(F)(F)F)c1CS. The highest BCUT2D eigenvalue weighted by atomic mass is 32.1. The molecule has 0 unspecified atom stereocenters. The summed E-state index contributed by atoms with van der Waals surface area (Å²) in [5.74, 6) is 0.0389. The smallest absolute Gasteiger partial charge is 0.282 e. The summed E-state index contributed by atoms with van der Waals surface area (Å²) in [4.78, 5) is 0. The average Bonchev–Trinajstić information content (AvgIpc) is 2.29. The predicted molar refractivity (Wildman–Crippen MR) is 41.0 cm³/mol. The third-order valence-electron chi connectivity index (χ3n) is 1.50. The van der Waals surface area contributed by atoms with Crippen LogP contribution >= 0.6 is 12.6 Å². The van der Waals surface area contributed by atoms with Gasteiger partial charge in [-0.25, -0.2) is 0 Å². The van der Waals surface area contributed by atoms with E-state index in [1.165, 1.54) is 6.92 Å². The molecular weight excluding hydrogens is 189 g/mol. The van der Waals surface area contributed by atoms with Gasteiger partial charge in [0, 0.05) is 17.0 Å². The molecule has 0 aliphatic heterocycles. The zero-order chi connectivity index (χ0) is 9.35. The minimum absolute atomic E-state index is 0.0389. The van der Waals surface area contributed by atoms with Crippen LogP contribution in [0.3, 0.4) is 0 Å². The molecule has 1 rings (SSSR count). The number of H-pyrrole nitrogens is 1. The zero-order valence-electron chi connectivity index (χ0n) is 6.24. The number of nitrogens with zero attached hydrogens (tertiary/aromatic N) is 1. The summed E-state index contributed by atoms with van der Waals surface area (Å²) >= 11 is 3.79. The molecule has 1 aromatic rings. The Morgan fingerprint density at radius 3 is 2.42 bits per heavy atom. The number of nitrogens with one attached hydrogen (secondary N) is 1. The molecule has 0 atom stereocenters. The first-order chi connectivity index (χ1) is 5.46. The number of halogens is 3. The maximum absolute atomic E-state index is 12.1. The Bertz CT molecular complexity index is 279. The second-order valence-electron chi connectivity index (χ2n) is 2.33. The largest absolute Gasteiger partial charge is 0.435 e. The molecule has 12 heavy (non-hydrogen) atoms. The van der Waals surface area contributed by atoms with E-state index >= 15 is 0 Å². The minimum atomic E-state index is -4.39. The van der Waals surface area contributed by atoms with Crippen LogP contribution in [0, 0.1) is 6.92 Å². The van der Waals surface area contributed by atoms with Crippen molar-refractivity contribution in [2.45, 2.75) is 18.9 Å². The lowest BCUT2D eigenvalue weighted by molar-refractivity contribution is -0.141. The van der Waals surface area contributed by atoms with Gasteiger partial charge < -0.3 is 0 Å². The normalized spacial score (nSPS) is 12.1. The van der Waals surface area contributed by atoms with Crippen molar-refractivity contribution in [2.75, 3.05) is 0 Å². The summed E-state index contributed by atoms with van der Waals surface area (Å²) in [6, 6.07) is 0. The Labute approximate surface area is 72.6 Å². The number of hydrogen-bond acceptors (Lipinski definition) is 2. The van der Waals surface area contributed by atoms with E-state index in [2.05, 4.69) is 22.8 Å². The molecule has 0 bridgehead atoms. The quantitative estimate of drug-likeness (QED) is 0.662. The number of aromatic nitrogens is 2. The molecule has 0 spiro atoms. The topological polar surface area (TPSA) is 28.7 Å². The first-order valence-electron chi connectivity index (χ1n) is 3.18. The molecule has 1 aromatic heterocycles. The summed E-state index contributed by atoms with van der Waals surface area (Å²) < 4.78 is 36.4. The van der Waals surface area contributed by atoms with Gasteiger partial charge in [0.2, 0.25) is 0 Å². The summed E-state index contributed by atoms with van der Waals surface area (Å²) in [6.45, 7) is 1.54. The third kappa shape index (κ3) is 1.57. The molecule has 0 fully saturated rings.